The number of hydrogen-bond donors (Lipinski definition) is 2. The molecule has 184 valence electrons. The van der Waals surface area contributed by atoms with Gasteiger partial charge in [-0.25, -0.2) is 0 Å². The number of nitrogens with one attached hydrogen (secondary N) is 2. The van der Waals surface area contributed by atoms with Crippen LogP contribution in [0.3, 0.4) is 0 Å². The van der Waals surface area contributed by atoms with Gasteiger partial charge in [0.1, 0.15) is 6.54 Å². The van der Waals surface area contributed by atoms with Gasteiger partial charge in [-0.3, -0.25) is 19.4 Å². The Hall–Kier alpha value is -3.16. The minimum atomic E-state index is -0.164. The van der Waals surface area contributed by atoms with Gasteiger partial charge in [0.05, 0.1) is 0 Å². The molecule has 3 aromatic rings. The highest BCUT2D eigenvalue weighted by atomic mass is 16.2. The van der Waals surface area contributed by atoms with Crippen molar-refractivity contribution in [3.63, 3.8) is 0 Å². The van der Waals surface area contributed by atoms with Gasteiger partial charge in [-0.15, -0.1) is 0 Å². The molecule has 35 heavy (non-hydrogen) atoms. The molecule has 7 heteroatoms. The number of piperidine rings is 1. The highest BCUT2D eigenvalue weighted by Crippen LogP contribution is 2.23. The van der Waals surface area contributed by atoms with Crippen LogP contribution in [0.5, 0.6) is 0 Å². The summed E-state index contributed by atoms with van der Waals surface area (Å²) in [6.07, 6.45) is 4.42. The third kappa shape index (κ3) is 5.41. The summed E-state index contributed by atoms with van der Waals surface area (Å²) < 4.78 is 0. The van der Waals surface area contributed by atoms with Crippen LogP contribution in [-0.4, -0.2) is 79.0 Å². The number of rotatable bonds is 6. The second-order valence-electron chi connectivity index (χ2n) is 9.83. The number of carbonyl (C=O) groups is 2. The molecule has 2 N–H and O–H groups in total. The summed E-state index contributed by atoms with van der Waals surface area (Å²) >= 11 is 0. The van der Waals surface area contributed by atoms with E-state index in [9.17, 15) is 9.59 Å². The van der Waals surface area contributed by atoms with Crippen LogP contribution in [0.4, 0.5) is 5.69 Å². The molecule has 0 radical (unpaired) electrons. The molecule has 5 rings (SSSR count). The molecule has 0 bridgehead atoms. The molecule has 0 spiro atoms. The first kappa shape index (κ1) is 23.6. The monoisotopic (exact) mass is 473 g/mol. The van der Waals surface area contributed by atoms with Crippen LogP contribution < -0.4 is 10.2 Å². The second-order valence-corrected chi connectivity index (χ2v) is 9.83. The maximum Gasteiger partial charge on any atom is 0.258 e. The van der Waals surface area contributed by atoms with Gasteiger partial charge in [0.25, 0.3) is 5.91 Å². The molecule has 0 saturated carbocycles. The van der Waals surface area contributed by atoms with Gasteiger partial charge in [-0.05, 0) is 68.6 Å². The first-order valence-electron chi connectivity index (χ1n) is 12.7. The number of amides is 2. The highest BCUT2D eigenvalue weighted by molar-refractivity contribution is 6.10. The number of benzene rings is 2. The van der Waals surface area contributed by atoms with Crippen molar-refractivity contribution in [1.29, 1.82) is 0 Å². The molecule has 0 unspecified atom stereocenters. The van der Waals surface area contributed by atoms with Crippen LogP contribution in [0, 0.1) is 12.8 Å². The third-order valence-electron chi connectivity index (χ3n) is 7.44. The third-order valence-corrected chi connectivity index (χ3v) is 7.44. The van der Waals surface area contributed by atoms with E-state index in [2.05, 4.69) is 15.2 Å². The van der Waals surface area contributed by atoms with Crippen LogP contribution in [0.15, 0.2) is 54.7 Å². The van der Waals surface area contributed by atoms with Crippen LogP contribution in [0.25, 0.3) is 10.9 Å². The van der Waals surface area contributed by atoms with E-state index in [4.69, 9.17) is 0 Å². The topological polar surface area (TPSA) is 71.7 Å². The second kappa shape index (κ2) is 10.6. The zero-order chi connectivity index (χ0) is 24.2. The highest BCUT2D eigenvalue weighted by Gasteiger charge is 2.27. The summed E-state index contributed by atoms with van der Waals surface area (Å²) in [6, 6.07) is 15.2. The number of aromatic nitrogens is 1. The van der Waals surface area contributed by atoms with Crippen molar-refractivity contribution in [2.24, 2.45) is 5.92 Å². The molecule has 2 amide bonds. The molecule has 2 aliphatic rings. The fraction of sp³-hybridized carbons (Fsp3) is 0.429. The van der Waals surface area contributed by atoms with E-state index in [0.717, 1.165) is 60.8 Å². The number of H-pyrrole nitrogens is 1. The molecule has 7 nitrogen and oxygen atoms in total. The Balaban J connectivity index is 1.26. The Morgan fingerprint density at radius 1 is 1.00 bits per heavy atom. The number of nitrogens with zero attached hydrogens (tertiary/aromatic N) is 3. The quantitative estimate of drug-likeness (QED) is 0.577. The van der Waals surface area contributed by atoms with Gasteiger partial charge < -0.3 is 15.2 Å². The number of anilines is 1. The molecule has 3 heterocycles. The van der Waals surface area contributed by atoms with E-state index in [-0.39, 0.29) is 18.4 Å². The predicted octanol–water partition coefficient (Wildman–Crippen LogP) is 3.27. The van der Waals surface area contributed by atoms with E-state index >= 15 is 0 Å². The average molecular weight is 474 g/mol. The summed E-state index contributed by atoms with van der Waals surface area (Å²) in [5.41, 5.74) is 3.38. The fourth-order valence-electron chi connectivity index (χ4n) is 5.29. The van der Waals surface area contributed by atoms with Crippen molar-refractivity contribution in [3.8, 4) is 0 Å². The van der Waals surface area contributed by atoms with Crippen molar-refractivity contribution in [2.75, 3.05) is 57.3 Å². The number of carbonyl (C=O) groups excluding carboxylic acids is 2. The molecular weight excluding hydrogens is 438 g/mol. The van der Waals surface area contributed by atoms with E-state index < -0.39 is 0 Å². The number of aromatic amines is 1. The van der Waals surface area contributed by atoms with Gasteiger partial charge in [-0.2, -0.15) is 0 Å². The van der Waals surface area contributed by atoms with Crippen molar-refractivity contribution in [3.05, 3.63) is 65.9 Å². The number of aryl methyl sites for hydroxylation is 1. The Bertz CT molecular complexity index is 1160. The fourth-order valence-corrected chi connectivity index (χ4v) is 5.29. The number of para-hydroxylation sites is 1. The predicted molar refractivity (Wildman–Crippen MR) is 140 cm³/mol. The Morgan fingerprint density at radius 2 is 1.74 bits per heavy atom. The first-order valence-corrected chi connectivity index (χ1v) is 12.7. The van der Waals surface area contributed by atoms with Crippen LogP contribution in [0.1, 0.15) is 28.8 Å². The average Bonchev–Trinajstić information content (AvgIpc) is 3.28. The van der Waals surface area contributed by atoms with Gasteiger partial charge in [-0.1, -0.05) is 24.3 Å². The molecule has 2 fully saturated rings. The van der Waals surface area contributed by atoms with Crippen LogP contribution in [0.2, 0.25) is 0 Å². The SMILES string of the molecule is Cc1c[nH]c2cc(C(=O)N(CC(=O)N3CCN(CC4CCNCC4)CC3)c3ccccc3)ccc12. The van der Waals surface area contributed by atoms with Crippen molar-refractivity contribution < 1.29 is 9.59 Å². The van der Waals surface area contributed by atoms with E-state index in [1.54, 1.807) is 4.90 Å². The molecule has 0 aliphatic carbocycles. The normalized spacial score (nSPS) is 17.6. The first-order chi connectivity index (χ1) is 17.1. The molecule has 2 saturated heterocycles. The largest absolute Gasteiger partial charge is 0.361 e. The molecule has 0 atom stereocenters. The van der Waals surface area contributed by atoms with E-state index in [1.165, 1.54) is 12.8 Å². The standard InChI is InChI=1S/C28H35N5O2/c1-21-18-30-26-17-23(7-8-25(21)26)28(35)33(24-5-3-2-4-6-24)20-27(34)32-15-13-31(14-16-32)19-22-9-11-29-12-10-22/h2-8,17-18,22,29-30H,9-16,19-20H2,1H3. The van der Waals surface area contributed by atoms with Crippen molar-refractivity contribution >= 4 is 28.4 Å². The zero-order valence-electron chi connectivity index (χ0n) is 20.5. The van der Waals surface area contributed by atoms with Crippen LogP contribution in [-0.2, 0) is 4.79 Å². The lowest BCUT2D eigenvalue weighted by molar-refractivity contribution is -0.131. The van der Waals surface area contributed by atoms with Gasteiger partial charge in [0.2, 0.25) is 5.91 Å². The van der Waals surface area contributed by atoms with Gasteiger partial charge in [0, 0.05) is 61.1 Å². The zero-order valence-corrected chi connectivity index (χ0v) is 20.5. The van der Waals surface area contributed by atoms with E-state index in [1.807, 2.05) is 66.6 Å². The Morgan fingerprint density at radius 3 is 2.49 bits per heavy atom. The maximum atomic E-state index is 13.6. The van der Waals surface area contributed by atoms with Crippen LogP contribution >= 0.6 is 0 Å². The Kier molecular flexibility index (Phi) is 7.16. The summed E-state index contributed by atoms with van der Waals surface area (Å²) in [6.45, 7) is 8.67. The maximum absolute atomic E-state index is 13.6. The lowest BCUT2D eigenvalue weighted by Gasteiger charge is -2.38. The smallest absolute Gasteiger partial charge is 0.258 e. The van der Waals surface area contributed by atoms with Crippen molar-refractivity contribution in [1.82, 2.24) is 20.1 Å². The lowest BCUT2D eigenvalue weighted by atomic mass is 9.97. The number of hydrogen-bond acceptors (Lipinski definition) is 4. The summed E-state index contributed by atoms with van der Waals surface area (Å²) in [5, 5.41) is 4.53. The number of piperazine rings is 1. The molecule has 2 aliphatic heterocycles. The summed E-state index contributed by atoms with van der Waals surface area (Å²) in [7, 11) is 0. The molecule has 2 aromatic carbocycles. The minimum absolute atomic E-state index is 0.000477. The molecule has 1 aromatic heterocycles. The summed E-state index contributed by atoms with van der Waals surface area (Å²) in [4.78, 5) is 36.2. The minimum Gasteiger partial charge on any atom is -0.361 e. The molecular formula is C28H35N5O2. The number of fused-ring (bicyclic) bond motifs is 1. The van der Waals surface area contributed by atoms with Gasteiger partial charge in [0.15, 0.2) is 0 Å². The lowest BCUT2D eigenvalue weighted by Crippen LogP contribution is -2.53. The van der Waals surface area contributed by atoms with E-state index in [0.29, 0.717) is 18.7 Å². The van der Waals surface area contributed by atoms with Crippen molar-refractivity contribution in [2.45, 2.75) is 19.8 Å². The summed E-state index contributed by atoms with van der Waals surface area (Å²) in [5.74, 6) is 0.592. The Labute approximate surface area is 207 Å². The van der Waals surface area contributed by atoms with Gasteiger partial charge >= 0.3 is 0 Å².